The molecule has 2 heteroatoms. The monoisotopic (exact) mass is 248 g/mol. The van der Waals surface area contributed by atoms with E-state index in [2.05, 4.69) is 25.2 Å². The van der Waals surface area contributed by atoms with Crippen LogP contribution in [0.4, 0.5) is 0 Å². The third-order valence-electron chi connectivity index (χ3n) is 2.57. The van der Waals surface area contributed by atoms with Gasteiger partial charge in [0.2, 0.25) is 0 Å². The Balaban J connectivity index is 0.000000321. The zero-order valence-electron chi connectivity index (χ0n) is 12.0. The van der Waals surface area contributed by atoms with Crippen molar-refractivity contribution in [3.8, 4) is 12.3 Å². The van der Waals surface area contributed by atoms with E-state index in [-0.39, 0.29) is 5.60 Å². The maximum atomic E-state index is 5.38. The van der Waals surface area contributed by atoms with Crippen LogP contribution in [-0.4, -0.2) is 24.4 Å². The lowest BCUT2D eigenvalue weighted by atomic mass is 10.0. The van der Waals surface area contributed by atoms with Crippen LogP contribution in [0.5, 0.6) is 0 Å². The Hall–Kier alpha value is -1.30. The Labute approximate surface area is 111 Å². The van der Waals surface area contributed by atoms with Gasteiger partial charge >= 0.3 is 0 Å². The first-order valence-corrected chi connectivity index (χ1v) is 5.98. The van der Waals surface area contributed by atoms with Crippen LogP contribution >= 0.6 is 0 Å². The van der Waals surface area contributed by atoms with Crippen LogP contribution in [0.15, 0.2) is 37.0 Å². The first-order chi connectivity index (χ1) is 8.29. The molecule has 100 valence electrons. The largest absolute Gasteiger partial charge is 0.367 e. The van der Waals surface area contributed by atoms with Gasteiger partial charge in [-0.15, -0.1) is 13.0 Å². The fourth-order valence-electron chi connectivity index (χ4n) is 1.31. The molecule has 0 bridgehead atoms. The predicted molar refractivity (Wildman–Crippen MR) is 77.4 cm³/mol. The molecular weight excluding hydrogens is 224 g/mol. The predicted octanol–water partition coefficient (Wildman–Crippen LogP) is 3.51. The summed E-state index contributed by atoms with van der Waals surface area (Å²) in [6.45, 7) is 16.2. The van der Waals surface area contributed by atoms with Crippen molar-refractivity contribution < 1.29 is 9.47 Å². The molecule has 1 rings (SSSR count). The van der Waals surface area contributed by atoms with Crippen LogP contribution in [0, 0.1) is 12.3 Å². The number of ether oxygens (including phenoxy) is 2. The van der Waals surface area contributed by atoms with Crippen LogP contribution in [0.1, 0.15) is 27.7 Å². The van der Waals surface area contributed by atoms with E-state index in [9.17, 15) is 0 Å². The normalized spacial score (nSPS) is 16.9. The van der Waals surface area contributed by atoms with Crippen molar-refractivity contribution in [3.63, 3.8) is 0 Å². The molecule has 0 aromatic rings. The van der Waals surface area contributed by atoms with Gasteiger partial charge in [-0.05, 0) is 33.3 Å². The van der Waals surface area contributed by atoms with Crippen molar-refractivity contribution in [3.05, 3.63) is 37.0 Å². The van der Waals surface area contributed by atoms with Crippen molar-refractivity contribution in [2.24, 2.45) is 0 Å². The fraction of sp³-hybridized carbons (Fsp3) is 0.500. The Bertz CT molecular complexity index is 354. The van der Waals surface area contributed by atoms with Crippen molar-refractivity contribution in [2.75, 3.05) is 13.2 Å². The summed E-state index contributed by atoms with van der Waals surface area (Å²) in [5.74, 6) is 2.51. The number of hydrogen-bond donors (Lipinski definition) is 0. The second-order valence-corrected chi connectivity index (χ2v) is 4.94. The van der Waals surface area contributed by atoms with Crippen LogP contribution < -0.4 is 0 Å². The highest BCUT2D eigenvalue weighted by Crippen LogP contribution is 2.26. The molecule has 1 heterocycles. The molecule has 1 aliphatic heterocycles. The molecule has 0 unspecified atom stereocenters. The molecule has 0 N–H and O–H groups in total. The lowest BCUT2D eigenvalue weighted by Gasteiger charge is -2.19. The van der Waals surface area contributed by atoms with E-state index in [1.165, 1.54) is 5.57 Å². The Morgan fingerprint density at radius 1 is 1.56 bits per heavy atom. The zero-order chi connectivity index (χ0) is 14.2. The average Bonchev–Trinajstić information content (AvgIpc) is 2.66. The standard InChI is InChI=1S/2C8H12O/c1-4-7-5-6-9-8(7,2)3;1-5-7-9-8(3,4)6-2/h4-5H,1,6H2,2-3H3;2,5H,1,7H2,3-4H3. The van der Waals surface area contributed by atoms with Crippen LogP contribution in [0.3, 0.4) is 0 Å². The highest BCUT2D eigenvalue weighted by Gasteiger charge is 2.25. The van der Waals surface area contributed by atoms with Crippen LogP contribution in [0.2, 0.25) is 0 Å². The van der Waals surface area contributed by atoms with Gasteiger partial charge in [0.15, 0.2) is 0 Å². The second-order valence-electron chi connectivity index (χ2n) is 4.94. The van der Waals surface area contributed by atoms with Gasteiger partial charge in [0, 0.05) is 0 Å². The molecular formula is C16H24O2. The van der Waals surface area contributed by atoms with E-state index in [4.69, 9.17) is 15.9 Å². The van der Waals surface area contributed by atoms with Gasteiger partial charge in [-0.25, -0.2) is 0 Å². The molecule has 18 heavy (non-hydrogen) atoms. The minimum absolute atomic E-state index is 0.0955. The summed E-state index contributed by atoms with van der Waals surface area (Å²) in [5, 5.41) is 0. The summed E-state index contributed by atoms with van der Waals surface area (Å²) < 4.78 is 10.6. The van der Waals surface area contributed by atoms with E-state index in [0.29, 0.717) is 6.61 Å². The van der Waals surface area contributed by atoms with E-state index in [0.717, 1.165) is 6.61 Å². The quantitative estimate of drug-likeness (QED) is 0.560. The van der Waals surface area contributed by atoms with Crippen molar-refractivity contribution >= 4 is 0 Å². The molecule has 0 radical (unpaired) electrons. The zero-order valence-corrected chi connectivity index (χ0v) is 12.0. The first-order valence-electron chi connectivity index (χ1n) is 5.98. The van der Waals surface area contributed by atoms with Crippen molar-refractivity contribution in [1.82, 2.24) is 0 Å². The molecule has 0 aliphatic carbocycles. The molecule has 0 fully saturated rings. The van der Waals surface area contributed by atoms with Crippen molar-refractivity contribution in [1.29, 1.82) is 0 Å². The molecule has 1 aliphatic rings. The topological polar surface area (TPSA) is 18.5 Å². The van der Waals surface area contributed by atoms with Gasteiger partial charge < -0.3 is 9.47 Å². The minimum Gasteiger partial charge on any atom is -0.367 e. The average molecular weight is 248 g/mol. The second kappa shape index (κ2) is 7.20. The maximum absolute atomic E-state index is 5.38. The maximum Gasteiger partial charge on any atom is 0.123 e. The first kappa shape index (κ1) is 16.7. The van der Waals surface area contributed by atoms with E-state index in [1.807, 2.05) is 33.8 Å². The number of hydrogen-bond acceptors (Lipinski definition) is 2. The Morgan fingerprint density at radius 2 is 2.17 bits per heavy atom. The molecule has 0 saturated heterocycles. The SMILES string of the molecule is C#CC(C)(C)OCC=C.C=CC1=CCOC1(C)C. The van der Waals surface area contributed by atoms with Gasteiger partial charge in [-0.2, -0.15) is 0 Å². The van der Waals surface area contributed by atoms with Gasteiger partial charge in [0.05, 0.1) is 18.8 Å². The molecule has 0 spiro atoms. The Kier molecular flexibility index (Phi) is 6.68. The highest BCUT2D eigenvalue weighted by molar-refractivity contribution is 5.28. The highest BCUT2D eigenvalue weighted by atomic mass is 16.5. The van der Waals surface area contributed by atoms with Crippen LogP contribution in [-0.2, 0) is 9.47 Å². The lowest BCUT2D eigenvalue weighted by Crippen LogP contribution is -2.21. The molecule has 0 atom stereocenters. The third kappa shape index (κ3) is 5.86. The van der Waals surface area contributed by atoms with Crippen LogP contribution in [0.25, 0.3) is 0 Å². The van der Waals surface area contributed by atoms with Gasteiger partial charge in [-0.1, -0.05) is 30.7 Å². The number of terminal acetylenes is 1. The minimum atomic E-state index is -0.450. The molecule has 0 amide bonds. The summed E-state index contributed by atoms with van der Waals surface area (Å²) in [6, 6.07) is 0. The lowest BCUT2D eigenvalue weighted by molar-refractivity contribution is 0.0471. The van der Waals surface area contributed by atoms with Gasteiger partial charge in [0.25, 0.3) is 0 Å². The van der Waals surface area contributed by atoms with E-state index < -0.39 is 5.60 Å². The summed E-state index contributed by atoms with van der Waals surface area (Å²) in [5.41, 5.74) is 0.651. The summed E-state index contributed by atoms with van der Waals surface area (Å²) in [6.07, 6.45) is 10.7. The summed E-state index contributed by atoms with van der Waals surface area (Å²) in [7, 11) is 0. The van der Waals surface area contributed by atoms with E-state index >= 15 is 0 Å². The van der Waals surface area contributed by atoms with E-state index in [1.54, 1.807) is 6.08 Å². The summed E-state index contributed by atoms with van der Waals surface area (Å²) in [4.78, 5) is 0. The van der Waals surface area contributed by atoms with Gasteiger partial charge in [-0.3, -0.25) is 0 Å². The summed E-state index contributed by atoms with van der Waals surface area (Å²) >= 11 is 0. The number of rotatable bonds is 4. The third-order valence-corrected chi connectivity index (χ3v) is 2.57. The van der Waals surface area contributed by atoms with Gasteiger partial charge in [0.1, 0.15) is 5.60 Å². The smallest absolute Gasteiger partial charge is 0.123 e. The molecule has 0 aromatic carbocycles. The molecule has 0 aromatic heterocycles. The molecule has 2 nitrogen and oxygen atoms in total. The fourth-order valence-corrected chi connectivity index (χ4v) is 1.31. The molecule has 0 saturated carbocycles. The van der Waals surface area contributed by atoms with Crippen molar-refractivity contribution in [2.45, 2.75) is 38.9 Å². The Morgan fingerprint density at radius 3 is 2.44 bits per heavy atom.